The van der Waals surface area contributed by atoms with Crippen LogP contribution in [0.4, 0.5) is 0 Å². The molecule has 3 nitrogen and oxygen atoms in total. The minimum atomic E-state index is 0.000162. The summed E-state index contributed by atoms with van der Waals surface area (Å²) in [5.41, 5.74) is 2.48. The van der Waals surface area contributed by atoms with Gasteiger partial charge in [-0.15, -0.1) is 0 Å². The summed E-state index contributed by atoms with van der Waals surface area (Å²) in [7, 11) is 0. The molecule has 0 saturated carbocycles. The van der Waals surface area contributed by atoms with E-state index < -0.39 is 0 Å². The molecule has 0 unspecified atom stereocenters. The molecule has 0 radical (unpaired) electrons. The molecular weight excluding hydrogens is 212 g/mol. The first-order chi connectivity index (χ1) is 7.32. The molecule has 1 atom stereocenters. The fourth-order valence-electron chi connectivity index (χ4n) is 2.65. The van der Waals surface area contributed by atoms with Crippen LogP contribution in [0.15, 0.2) is 12.3 Å². The zero-order valence-corrected chi connectivity index (χ0v) is 9.18. The average Bonchev–Trinajstić information content (AvgIpc) is 2.70. The topological polar surface area (TPSA) is 34.1 Å². The van der Waals surface area contributed by atoms with E-state index in [1.54, 1.807) is 6.20 Å². The van der Waals surface area contributed by atoms with Crippen LogP contribution in [0.5, 0.6) is 0 Å². The van der Waals surface area contributed by atoms with Crippen LogP contribution in [-0.2, 0) is 16.7 Å². The second kappa shape index (κ2) is 3.44. The first-order valence-electron chi connectivity index (χ1n) is 5.28. The number of nitrogens with one attached hydrogen (secondary N) is 1. The van der Waals surface area contributed by atoms with Crippen molar-refractivity contribution >= 4 is 11.6 Å². The van der Waals surface area contributed by atoms with E-state index in [4.69, 9.17) is 16.3 Å². The monoisotopic (exact) mass is 224 g/mol. The molecule has 80 valence electrons. The van der Waals surface area contributed by atoms with E-state index in [2.05, 4.69) is 16.4 Å². The van der Waals surface area contributed by atoms with Crippen molar-refractivity contribution in [3.05, 3.63) is 28.5 Å². The molecule has 0 bridgehead atoms. The molecule has 1 aromatic rings. The zero-order valence-electron chi connectivity index (χ0n) is 8.42. The maximum atomic E-state index is 6.12. The molecule has 1 fully saturated rings. The number of halogens is 1. The van der Waals surface area contributed by atoms with Crippen molar-refractivity contribution in [2.45, 2.75) is 24.8 Å². The van der Waals surface area contributed by atoms with Crippen molar-refractivity contribution in [2.24, 2.45) is 0 Å². The number of hydrogen-bond donors (Lipinski definition) is 1. The number of fused-ring (bicyclic) bond motifs is 2. The van der Waals surface area contributed by atoms with Crippen LogP contribution in [0.3, 0.4) is 0 Å². The van der Waals surface area contributed by atoms with Crippen LogP contribution in [0.2, 0.25) is 5.15 Å². The molecule has 4 heteroatoms. The van der Waals surface area contributed by atoms with E-state index in [9.17, 15) is 0 Å². The lowest BCUT2D eigenvalue weighted by Crippen LogP contribution is -2.42. The van der Waals surface area contributed by atoms with Gasteiger partial charge in [0.15, 0.2) is 0 Å². The Morgan fingerprint density at radius 1 is 1.53 bits per heavy atom. The van der Waals surface area contributed by atoms with Crippen molar-refractivity contribution in [1.29, 1.82) is 0 Å². The smallest absolute Gasteiger partial charge is 0.132 e. The Labute approximate surface area is 93.8 Å². The molecule has 1 spiro atoms. The standard InChI is InChI=1S/C11H13ClN2O/c12-10-8-2-1-4-11(6-15-7-14-11)9(8)3-5-13-10/h3,5,14H,1-2,4,6-7H2/t11-/m1/s1. The van der Waals surface area contributed by atoms with Gasteiger partial charge < -0.3 is 4.74 Å². The maximum absolute atomic E-state index is 6.12. The van der Waals surface area contributed by atoms with E-state index in [1.165, 1.54) is 11.1 Å². The Bertz CT molecular complexity index is 388. The van der Waals surface area contributed by atoms with E-state index in [0.717, 1.165) is 25.9 Å². The Balaban J connectivity index is 2.14. The first kappa shape index (κ1) is 9.58. The zero-order chi connectivity index (χ0) is 10.3. The largest absolute Gasteiger partial charge is 0.364 e. The summed E-state index contributed by atoms with van der Waals surface area (Å²) >= 11 is 6.12. The van der Waals surface area contributed by atoms with Crippen LogP contribution >= 0.6 is 11.6 Å². The van der Waals surface area contributed by atoms with Gasteiger partial charge in [0.1, 0.15) is 5.15 Å². The van der Waals surface area contributed by atoms with E-state index in [1.807, 2.05) is 0 Å². The van der Waals surface area contributed by atoms with Gasteiger partial charge in [-0.2, -0.15) is 0 Å². The fourth-order valence-corrected chi connectivity index (χ4v) is 2.91. The van der Waals surface area contributed by atoms with Gasteiger partial charge in [-0.1, -0.05) is 11.6 Å². The predicted octanol–water partition coefficient (Wildman–Crippen LogP) is 1.84. The van der Waals surface area contributed by atoms with Gasteiger partial charge in [-0.05, 0) is 36.5 Å². The highest BCUT2D eigenvalue weighted by Gasteiger charge is 2.40. The van der Waals surface area contributed by atoms with Gasteiger partial charge in [-0.3, -0.25) is 5.32 Å². The molecule has 3 rings (SSSR count). The van der Waals surface area contributed by atoms with Crippen molar-refractivity contribution in [2.75, 3.05) is 13.3 Å². The normalized spacial score (nSPS) is 29.4. The molecule has 1 aromatic heterocycles. The molecule has 0 amide bonds. The van der Waals surface area contributed by atoms with Crippen LogP contribution in [-0.4, -0.2) is 18.3 Å². The number of rotatable bonds is 0. The first-order valence-corrected chi connectivity index (χ1v) is 5.66. The molecule has 2 aliphatic rings. The number of nitrogens with zero attached hydrogens (tertiary/aromatic N) is 1. The Morgan fingerprint density at radius 2 is 2.47 bits per heavy atom. The number of pyridine rings is 1. The SMILES string of the molecule is Clc1nccc2c1CCC[C@@]21COCN1. The highest BCUT2D eigenvalue weighted by molar-refractivity contribution is 6.30. The number of hydrogen-bond acceptors (Lipinski definition) is 3. The third-order valence-corrected chi connectivity index (χ3v) is 3.74. The lowest BCUT2D eigenvalue weighted by Gasteiger charge is -2.34. The quantitative estimate of drug-likeness (QED) is 0.683. The Morgan fingerprint density at radius 3 is 3.27 bits per heavy atom. The summed E-state index contributed by atoms with van der Waals surface area (Å²) < 4.78 is 5.46. The lowest BCUT2D eigenvalue weighted by atomic mass is 9.78. The third kappa shape index (κ3) is 1.38. The predicted molar refractivity (Wildman–Crippen MR) is 57.8 cm³/mol. The van der Waals surface area contributed by atoms with Gasteiger partial charge in [-0.25, -0.2) is 4.98 Å². The van der Waals surface area contributed by atoms with Crippen molar-refractivity contribution < 1.29 is 4.74 Å². The van der Waals surface area contributed by atoms with Crippen molar-refractivity contribution in [3.63, 3.8) is 0 Å². The van der Waals surface area contributed by atoms with Crippen LogP contribution in [0, 0.1) is 0 Å². The summed E-state index contributed by atoms with van der Waals surface area (Å²) in [6.07, 6.45) is 5.09. The summed E-state index contributed by atoms with van der Waals surface area (Å²) in [6, 6.07) is 2.07. The Kier molecular flexibility index (Phi) is 2.20. The molecule has 1 aliphatic carbocycles. The molecule has 15 heavy (non-hydrogen) atoms. The molecule has 1 saturated heterocycles. The maximum Gasteiger partial charge on any atom is 0.132 e. The Hall–Kier alpha value is -0.640. The third-order valence-electron chi connectivity index (χ3n) is 3.41. The van der Waals surface area contributed by atoms with Gasteiger partial charge in [0.05, 0.1) is 18.9 Å². The number of aromatic nitrogens is 1. The minimum absolute atomic E-state index is 0.000162. The van der Waals surface area contributed by atoms with Crippen LogP contribution in [0.1, 0.15) is 24.0 Å². The van der Waals surface area contributed by atoms with Gasteiger partial charge in [0.2, 0.25) is 0 Å². The highest BCUT2D eigenvalue weighted by Crippen LogP contribution is 2.39. The highest BCUT2D eigenvalue weighted by atomic mass is 35.5. The summed E-state index contributed by atoms with van der Waals surface area (Å²) in [5, 5.41) is 4.10. The van der Waals surface area contributed by atoms with Crippen molar-refractivity contribution in [3.8, 4) is 0 Å². The van der Waals surface area contributed by atoms with Gasteiger partial charge in [0, 0.05) is 6.20 Å². The average molecular weight is 225 g/mol. The molecular formula is C11H13ClN2O. The fraction of sp³-hybridized carbons (Fsp3) is 0.545. The van der Waals surface area contributed by atoms with E-state index in [0.29, 0.717) is 11.9 Å². The molecule has 1 aliphatic heterocycles. The van der Waals surface area contributed by atoms with Crippen LogP contribution < -0.4 is 5.32 Å². The van der Waals surface area contributed by atoms with Crippen LogP contribution in [0.25, 0.3) is 0 Å². The van der Waals surface area contributed by atoms with E-state index in [-0.39, 0.29) is 5.54 Å². The van der Waals surface area contributed by atoms with Gasteiger partial charge in [0.25, 0.3) is 0 Å². The minimum Gasteiger partial charge on any atom is -0.364 e. The molecule has 1 N–H and O–H groups in total. The summed E-state index contributed by atoms with van der Waals surface area (Å²) in [6.45, 7) is 1.39. The molecule has 2 heterocycles. The second-order valence-electron chi connectivity index (χ2n) is 4.23. The second-order valence-corrected chi connectivity index (χ2v) is 4.59. The van der Waals surface area contributed by atoms with Gasteiger partial charge >= 0.3 is 0 Å². The lowest BCUT2D eigenvalue weighted by molar-refractivity contribution is 0.171. The summed E-state index contributed by atoms with van der Waals surface area (Å²) in [5.74, 6) is 0. The molecule has 0 aromatic carbocycles. The van der Waals surface area contributed by atoms with Crippen molar-refractivity contribution in [1.82, 2.24) is 10.3 Å². The number of ether oxygens (including phenoxy) is 1. The van der Waals surface area contributed by atoms with E-state index >= 15 is 0 Å². The summed E-state index contributed by atoms with van der Waals surface area (Å²) in [4.78, 5) is 4.14.